The molecule has 0 radical (unpaired) electrons. The van der Waals surface area contributed by atoms with Gasteiger partial charge in [0.05, 0.1) is 13.2 Å². The Morgan fingerprint density at radius 1 is 1.13 bits per heavy atom. The summed E-state index contributed by atoms with van der Waals surface area (Å²) in [6.45, 7) is 6.46. The Morgan fingerprint density at radius 3 is 2.37 bits per heavy atom. The molecular formula is C30H38BrFN2O4. The van der Waals surface area contributed by atoms with Crippen LogP contribution in [0.15, 0.2) is 46.9 Å². The van der Waals surface area contributed by atoms with Crippen LogP contribution in [0.4, 0.5) is 4.39 Å². The quantitative estimate of drug-likeness (QED) is 0.395. The number of nitrogens with zero attached hydrogens (tertiary/aromatic N) is 1. The highest BCUT2D eigenvalue weighted by Gasteiger charge is 2.58. The molecule has 0 spiro atoms. The molecule has 0 bridgehead atoms. The van der Waals surface area contributed by atoms with Gasteiger partial charge in [0, 0.05) is 28.9 Å². The van der Waals surface area contributed by atoms with Crippen molar-refractivity contribution in [1.29, 1.82) is 0 Å². The first-order valence-corrected chi connectivity index (χ1v) is 14.2. The molecular weight excluding hydrogens is 551 g/mol. The van der Waals surface area contributed by atoms with Gasteiger partial charge in [0.1, 0.15) is 6.04 Å². The van der Waals surface area contributed by atoms with Crippen LogP contribution >= 0.6 is 15.9 Å². The lowest BCUT2D eigenvalue weighted by atomic mass is 9.72. The van der Waals surface area contributed by atoms with Crippen LogP contribution in [0.5, 0.6) is 5.75 Å². The maximum absolute atomic E-state index is 14.2. The van der Waals surface area contributed by atoms with E-state index in [-0.39, 0.29) is 29.5 Å². The minimum absolute atomic E-state index is 0.0610. The third kappa shape index (κ3) is 5.76. The zero-order valence-corrected chi connectivity index (χ0v) is 24.1. The van der Waals surface area contributed by atoms with E-state index in [4.69, 9.17) is 4.74 Å². The first-order chi connectivity index (χ1) is 18.0. The number of halogens is 2. The number of rotatable bonds is 7. The van der Waals surface area contributed by atoms with Gasteiger partial charge in [-0.05, 0) is 41.5 Å². The lowest BCUT2D eigenvalue weighted by molar-refractivity contribution is -0.154. The molecule has 2 aliphatic rings. The topological polar surface area (TPSA) is 78.9 Å². The molecule has 1 saturated carbocycles. The van der Waals surface area contributed by atoms with Gasteiger partial charge in [-0.3, -0.25) is 4.79 Å². The molecule has 8 heteroatoms. The molecule has 0 unspecified atom stereocenters. The van der Waals surface area contributed by atoms with Gasteiger partial charge in [0.15, 0.2) is 11.6 Å². The normalized spacial score (nSPS) is 24.4. The minimum atomic E-state index is -0.982. The number of carbonyl (C=O) groups excluding carboxylic acids is 1. The van der Waals surface area contributed by atoms with E-state index in [0.29, 0.717) is 11.0 Å². The highest BCUT2D eigenvalue weighted by Crippen LogP contribution is 2.49. The van der Waals surface area contributed by atoms with Gasteiger partial charge in [-0.15, -0.1) is 0 Å². The molecule has 1 aliphatic carbocycles. The van der Waals surface area contributed by atoms with E-state index in [1.807, 2.05) is 51.1 Å². The minimum Gasteiger partial charge on any atom is -0.494 e. The van der Waals surface area contributed by atoms with Gasteiger partial charge < -0.3 is 20.1 Å². The summed E-state index contributed by atoms with van der Waals surface area (Å²) in [6, 6.07) is 11.0. The predicted octanol–water partition coefficient (Wildman–Crippen LogP) is 6.33. The Bertz CT molecular complexity index is 1150. The lowest BCUT2D eigenvalue weighted by Crippen LogP contribution is -2.49. The molecule has 1 saturated heterocycles. The molecule has 1 amide bonds. The Kier molecular flexibility index (Phi) is 8.82. The summed E-state index contributed by atoms with van der Waals surface area (Å²) < 4.78 is 20.0. The summed E-state index contributed by atoms with van der Waals surface area (Å²) in [5.41, 5.74) is 1.27. The van der Waals surface area contributed by atoms with E-state index in [1.165, 1.54) is 13.2 Å². The van der Waals surface area contributed by atoms with E-state index >= 15 is 0 Å². The van der Waals surface area contributed by atoms with Crippen molar-refractivity contribution >= 4 is 27.8 Å². The van der Waals surface area contributed by atoms with Crippen molar-refractivity contribution < 1.29 is 23.8 Å². The van der Waals surface area contributed by atoms with Crippen LogP contribution in [-0.2, 0) is 16.1 Å². The molecule has 206 valence electrons. The first-order valence-electron chi connectivity index (χ1n) is 13.4. The molecule has 1 heterocycles. The molecule has 4 atom stereocenters. The number of aliphatic carboxylic acids is 1. The van der Waals surface area contributed by atoms with Crippen LogP contribution in [0.3, 0.4) is 0 Å². The number of hydrogen-bond donors (Lipinski definition) is 2. The predicted molar refractivity (Wildman–Crippen MR) is 148 cm³/mol. The SMILES string of the molecule is COc1cc(CN[C@H]2[C@H](C(C)(C)C)[C@@H](C(=O)O)N(C(=O)C3CCCCC3)[C@H]2c2ccccc2)c(Br)cc1F. The fraction of sp³-hybridized carbons (Fsp3) is 0.533. The van der Waals surface area contributed by atoms with Crippen molar-refractivity contribution in [2.24, 2.45) is 17.3 Å². The van der Waals surface area contributed by atoms with Crippen molar-refractivity contribution in [3.8, 4) is 5.75 Å². The van der Waals surface area contributed by atoms with Crippen molar-refractivity contribution in [2.45, 2.75) is 77.5 Å². The van der Waals surface area contributed by atoms with E-state index in [2.05, 4.69) is 21.2 Å². The number of likely N-dealkylation sites (tertiary alicyclic amines) is 1. The number of amides is 1. The van der Waals surface area contributed by atoms with Crippen molar-refractivity contribution in [1.82, 2.24) is 10.2 Å². The third-order valence-electron chi connectivity index (χ3n) is 8.12. The second kappa shape index (κ2) is 11.7. The number of methoxy groups -OCH3 is 1. The van der Waals surface area contributed by atoms with Crippen molar-refractivity contribution in [2.75, 3.05) is 7.11 Å². The monoisotopic (exact) mass is 588 g/mol. The largest absolute Gasteiger partial charge is 0.494 e. The van der Waals surface area contributed by atoms with E-state index < -0.39 is 29.3 Å². The summed E-state index contributed by atoms with van der Waals surface area (Å²) in [4.78, 5) is 28.8. The molecule has 2 fully saturated rings. The Morgan fingerprint density at radius 2 is 1.79 bits per heavy atom. The van der Waals surface area contributed by atoms with Crippen molar-refractivity contribution in [3.63, 3.8) is 0 Å². The fourth-order valence-corrected chi connectivity index (χ4v) is 6.83. The second-order valence-electron chi connectivity index (χ2n) is 11.6. The number of carbonyl (C=O) groups is 2. The highest BCUT2D eigenvalue weighted by molar-refractivity contribution is 9.10. The smallest absolute Gasteiger partial charge is 0.326 e. The summed E-state index contributed by atoms with van der Waals surface area (Å²) in [6.07, 6.45) is 4.68. The van der Waals surface area contributed by atoms with Gasteiger partial charge >= 0.3 is 5.97 Å². The fourth-order valence-electron chi connectivity index (χ4n) is 6.38. The Balaban J connectivity index is 1.80. The zero-order valence-electron chi connectivity index (χ0n) is 22.5. The summed E-state index contributed by atoms with van der Waals surface area (Å²) in [5, 5.41) is 14.2. The number of carboxylic acid groups (broad SMARTS) is 1. The molecule has 2 N–H and O–H groups in total. The molecule has 6 nitrogen and oxygen atoms in total. The maximum atomic E-state index is 14.2. The van der Waals surface area contributed by atoms with Gasteiger partial charge in [-0.25, -0.2) is 9.18 Å². The third-order valence-corrected chi connectivity index (χ3v) is 8.86. The molecule has 2 aromatic carbocycles. The molecule has 0 aromatic heterocycles. The van der Waals surface area contributed by atoms with E-state index in [0.717, 1.165) is 43.2 Å². The first kappa shape index (κ1) is 28.6. The van der Waals surface area contributed by atoms with Gasteiger partial charge in [0.25, 0.3) is 0 Å². The number of ether oxygens (including phenoxy) is 1. The maximum Gasteiger partial charge on any atom is 0.326 e. The van der Waals surface area contributed by atoms with Gasteiger partial charge in [-0.2, -0.15) is 0 Å². The molecule has 1 aliphatic heterocycles. The van der Waals surface area contributed by atoms with Gasteiger partial charge in [0.2, 0.25) is 5.91 Å². The van der Waals surface area contributed by atoms with Crippen LogP contribution in [0.2, 0.25) is 0 Å². The van der Waals surface area contributed by atoms with E-state index in [9.17, 15) is 19.1 Å². The van der Waals surface area contributed by atoms with Crippen LogP contribution in [0, 0.1) is 23.1 Å². The summed E-state index contributed by atoms with van der Waals surface area (Å²) in [5.74, 6) is -1.90. The highest BCUT2D eigenvalue weighted by atomic mass is 79.9. The van der Waals surface area contributed by atoms with Crippen LogP contribution in [-0.4, -0.2) is 41.1 Å². The second-order valence-corrected chi connectivity index (χ2v) is 12.5. The number of hydrogen-bond acceptors (Lipinski definition) is 4. The Labute approximate surface area is 233 Å². The number of nitrogens with one attached hydrogen (secondary N) is 1. The zero-order chi connectivity index (χ0) is 27.6. The van der Waals surface area contributed by atoms with Crippen LogP contribution < -0.4 is 10.1 Å². The molecule has 2 aromatic rings. The van der Waals surface area contributed by atoms with Crippen LogP contribution in [0.1, 0.15) is 70.0 Å². The average molecular weight is 590 g/mol. The Hall–Kier alpha value is -2.45. The van der Waals surface area contributed by atoms with E-state index in [1.54, 1.807) is 11.0 Å². The van der Waals surface area contributed by atoms with Crippen molar-refractivity contribution in [3.05, 3.63) is 63.9 Å². The molecule has 38 heavy (non-hydrogen) atoms. The lowest BCUT2D eigenvalue weighted by Gasteiger charge is -2.36. The number of carboxylic acids is 1. The summed E-state index contributed by atoms with van der Waals surface area (Å²) in [7, 11) is 1.42. The average Bonchev–Trinajstić information content (AvgIpc) is 3.25. The molecule has 4 rings (SSSR count). The standard InChI is InChI=1S/C30H38BrFN2O4/c1-30(2,3)24-25(33-17-20-15-23(38-4)22(32)16-21(20)31)26(18-11-7-5-8-12-18)34(27(24)29(36)37)28(35)19-13-9-6-10-14-19/h5,7-8,11-12,15-16,19,24-27,33H,6,9-10,13-14,17H2,1-4H3,(H,36,37)/t24-,25-,26-,27-/m0/s1. The van der Waals surface area contributed by atoms with Crippen LogP contribution in [0.25, 0.3) is 0 Å². The number of benzene rings is 2. The van der Waals surface area contributed by atoms with Gasteiger partial charge in [-0.1, -0.05) is 86.3 Å². The summed E-state index contributed by atoms with van der Waals surface area (Å²) >= 11 is 3.46.